The van der Waals surface area contributed by atoms with Gasteiger partial charge >= 0.3 is 0 Å². The Labute approximate surface area is 150 Å². The van der Waals surface area contributed by atoms with Crippen LogP contribution in [-0.2, 0) is 0 Å². The molecule has 0 aliphatic carbocycles. The van der Waals surface area contributed by atoms with Crippen molar-refractivity contribution in [2.75, 3.05) is 5.32 Å². The van der Waals surface area contributed by atoms with E-state index in [9.17, 15) is 0 Å². The van der Waals surface area contributed by atoms with Crippen LogP contribution in [0, 0.1) is 0 Å². The van der Waals surface area contributed by atoms with Crippen molar-refractivity contribution in [3.8, 4) is 0 Å². The Kier molecular flexibility index (Phi) is 5.35. The minimum atomic E-state index is 0.619. The summed E-state index contributed by atoms with van der Waals surface area (Å²) in [5.74, 6) is 0.619. The zero-order chi connectivity index (χ0) is 17.1. The van der Waals surface area contributed by atoms with Gasteiger partial charge in [-0.3, -0.25) is 0 Å². The van der Waals surface area contributed by atoms with Gasteiger partial charge in [-0.2, -0.15) is 0 Å². The van der Waals surface area contributed by atoms with E-state index >= 15 is 0 Å². The van der Waals surface area contributed by atoms with E-state index in [4.69, 9.17) is 0 Å². The van der Waals surface area contributed by atoms with Crippen LogP contribution in [-0.4, -0.2) is 0 Å². The molecular formula is C22H27NS. The monoisotopic (exact) mass is 337 g/mol. The quantitative estimate of drug-likeness (QED) is 0.496. The Balaban J connectivity index is 1.85. The molecule has 0 saturated carbocycles. The Bertz CT molecular complexity index is 748. The molecule has 0 bridgehead atoms. The van der Waals surface area contributed by atoms with Crippen molar-refractivity contribution in [2.45, 2.75) is 62.2 Å². The van der Waals surface area contributed by atoms with Gasteiger partial charge in [-0.15, -0.1) is 0 Å². The molecule has 2 heteroatoms. The number of benzene rings is 2. The summed E-state index contributed by atoms with van der Waals surface area (Å²) in [5, 5.41) is 3.63. The standard InChI is InChI=1S/C22H27NS/c1-5-7-15(3)17-10-12-21-20(13-17)23-19-11-9-18(14-22(19)24-21)16(4)8-6-2/h9-15,23H,4-8H2,1-3H3. The second-order valence-electron chi connectivity index (χ2n) is 6.74. The van der Waals surface area contributed by atoms with Gasteiger partial charge in [0.2, 0.25) is 0 Å². The second-order valence-corrected chi connectivity index (χ2v) is 7.82. The zero-order valence-corrected chi connectivity index (χ0v) is 15.8. The van der Waals surface area contributed by atoms with Gasteiger partial charge in [0.25, 0.3) is 0 Å². The minimum Gasteiger partial charge on any atom is -0.354 e. The highest BCUT2D eigenvalue weighted by Crippen LogP contribution is 2.46. The van der Waals surface area contributed by atoms with Crippen LogP contribution in [0.4, 0.5) is 11.4 Å². The predicted octanol–water partition coefficient (Wildman–Crippen LogP) is 7.61. The average Bonchev–Trinajstić information content (AvgIpc) is 2.59. The van der Waals surface area contributed by atoms with Crippen molar-refractivity contribution in [3.63, 3.8) is 0 Å². The van der Waals surface area contributed by atoms with E-state index < -0.39 is 0 Å². The van der Waals surface area contributed by atoms with Crippen molar-refractivity contribution >= 4 is 28.7 Å². The van der Waals surface area contributed by atoms with Crippen LogP contribution in [0.3, 0.4) is 0 Å². The Morgan fingerprint density at radius 2 is 1.88 bits per heavy atom. The predicted molar refractivity (Wildman–Crippen MR) is 108 cm³/mol. The molecule has 0 aromatic heterocycles. The Morgan fingerprint density at radius 1 is 1.04 bits per heavy atom. The number of fused-ring (bicyclic) bond motifs is 2. The summed E-state index contributed by atoms with van der Waals surface area (Å²) < 4.78 is 0. The van der Waals surface area contributed by atoms with Crippen molar-refractivity contribution < 1.29 is 0 Å². The van der Waals surface area contributed by atoms with Gasteiger partial charge in [-0.05, 0) is 59.7 Å². The van der Waals surface area contributed by atoms with Gasteiger partial charge in [-0.25, -0.2) is 0 Å². The van der Waals surface area contributed by atoms with Gasteiger partial charge in [0, 0.05) is 9.79 Å². The van der Waals surface area contributed by atoms with Crippen molar-refractivity contribution in [3.05, 3.63) is 54.1 Å². The molecule has 3 rings (SSSR count). The number of rotatable bonds is 6. The summed E-state index contributed by atoms with van der Waals surface area (Å²) in [5.41, 5.74) is 6.38. The van der Waals surface area contributed by atoms with Gasteiger partial charge in [0.15, 0.2) is 0 Å². The Morgan fingerprint density at radius 3 is 2.62 bits per heavy atom. The minimum absolute atomic E-state index is 0.619. The lowest BCUT2D eigenvalue weighted by Crippen LogP contribution is -2.02. The first-order chi connectivity index (χ1) is 11.6. The maximum Gasteiger partial charge on any atom is 0.0529 e. The maximum atomic E-state index is 4.23. The van der Waals surface area contributed by atoms with Crippen LogP contribution in [0.25, 0.3) is 5.57 Å². The normalized spacial score (nSPS) is 13.6. The fourth-order valence-electron chi connectivity index (χ4n) is 3.28. The van der Waals surface area contributed by atoms with Gasteiger partial charge < -0.3 is 5.32 Å². The van der Waals surface area contributed by atoms with E-state index in [-0.39, 0.29) is 0 Å². The van der Waals surface area contributed by atoms with Crippen LogP contribution in [0.2, 0.25) is 0 Å². The van der Waals surface area contributed by atoms with E-state index in [0.29, 0.717) is 5.92 Å². The smallest absolute Gasteiger partial charge is 0.0529 e. The molecule has 0 fully saturated rings. The molecule has 1 nitrogen and oxygen atoms in total. The molecule has 2 aromatic rings. The number of hydrogen-bond acceptors (Lipinski definition) is 2. The molecule has 0 spiro atoms. The first-order valence-electron chi connectivity index (χ1n) is 9.03. The van der Waals surface area contributed by atoms with Crippen LogP contribution >= 0.6 is 11.8 Å². The summed E-state index contributed by atoms with van der Waals surface area (Å²) in [4.78, 5) is 2.61. The maximum absolute atomic E-state index is 4.23. The summed E-state index contributed by atoms with van der Waals surface area (Å²) in [7, 11) is 0. The number of hydrogen-bond donors (Lipinski definition) is 1. The van der Waals surface area contributed by atoms with Crippen LogP contribution in [0.5, 0.6) is 0 Å². The zero-order valence-electron chi connectivity index (χ0n) is 15.0. The van der Waals surface area contributed by atoms with Crippen molar-refractivity contribution in [2.24, 2.45) is 0 Å². The topological polar surface area (TPSA) is 12.0 Å². The first kappa shape index (κ1) is 17.2. The molecule has 1 aliphatic heterocycles. The second kappa shape index (κ2) is 7.48. The van der Waals surface area contributed by atoms with E-state index in [2.05, 4.69) is 69.1 Å². The van der Waals surface area contributed by atoms with Gasteiger partial charge in [0.05, 0.1) is 11.4 Å². The van der Waals surface area contributed by atoms with E-state index in [1.54, 1.807) is 0 Å². The van der Waals surface area contributed by atoms with Gasteiger partial charge in [-0.1, -0.05) is 64.1 Å². The lowest BCUT2D eigenvalue weighted by molar-refractivity contribution is 0.664. The molecule has 24 heavy (non-hydrogen) atoms. The average molecular weight is 338 g/mol. The molecule has 2 aromatic carbocycles. The van der Waals surface area contributed by atoms with Gasteiger partial charge in [0.1, 0.15) is 0 Å². The number of anilines is 2. The lowest BCUT2D eigenvalue weighted by Gasteiger charge is -2.23. The third kappa shape index (κ3) is 3.54. The SMILES string of the molecule is C=C(CCC)c1ccc2c(c1)Sc1ccc(C(C)CCC)cc1N2. The molecule has 0 saturated heterocycles. The molecule has 1 N–H and O–H groups in total. The largest absolute Gasteiger partial charge is 0.354 e. The van der Waals surface area contributed by atoms with Crippen molar-refractivity contribution in [1.82, 2.24) is 0 Å². The Hall–Kier alpha value is -1.67. The summed E-state index contributed by atoms with van der Waals surface area (Å²) in [6.45, 7) is 11.0. The summed E-state index contributed by atoms with van der Waals surface area (Å²) in [6.07, 6.45) is 4.67. The molecule has 0 radical (unpaired) electrons. The molecule has 1 unspecified atom stereocenters. The fourth-order valence-corrected chi connectivity index (χ4v) is 4.29. The van der Waals surface area contributed by atoms with Crippen LogP contribution in [0.15, 0.2) is 52.8 Å². The number of nitrogens with one attached hydrogen (secondary N) is 1. The molecule has 1 heterocycles. The highest BCUT2D eigenvalue weighted by molar-refractivity contribution is 7.99. The third-order valence-corrected chi connectivity index (χ3v) is 5.86. The highest BCUT2D eigenvalue weighted by atomic mass is 32.2. The van der Waals surface area contributed by atoms with Crippen LogP contribution in [0.1, 0.15) is 63.5 Å². The van der Waals surface area contributed by atoms with E-state index in [1.165, 1.54) is 50.7 Å². The van der Waals surface area contributed by atoms with E-state index in [0.717, 1.165) is 12.8 Å². The summed E-state index contributed by atoms with van der Waals surface area (Å²) in [6, 6.07) is 13.6. The molecule has 126 valence electrons. The summed E-state index contributed by atoms with van der Waals surface area (Å²) >= 11 is 1.86. The molecule has 1 aliphatic rings. The lowest BCUT2D eigenvalue weighted by atomic mass is 9.96. The van der Waals surface area contributed by atoms with Crippen LogP contribution < -0.4 is 5.32 Å². The highest BCUT2D eigenvalue weighted by Gasteiger charge is 2.18. The fraction of sp³-hybridized carbons (Fsp3) is 0.364. The molecule has 0 amide bonds. The molecule has 1 atom stereocenters. The molecular weight excluding hydrogens is 310 g/mol. The first-order valence-corrected chi connectivity index (χ1v) is 9.85. The van der Waals surface area contributed by atoms with Crippen molar-refractivity contribution in [1.29, 1.82) is 0 Å². The number of allylic oxidation sites excluding steroid dienone is 1. The third-order valence-electron chi connectivity index (χ3n) is 4.73. The van der Waals surface area contributed by atoms with E-state index in [1.807, 2.05) is 11.8 Å².